The lowest BCUT2D eigenvalue weighted by Gasteiger charge is -2.17. The molecule has 6 nitrogen and oxygen atoms in total. The molecule has 1 aromatic rings. The Morgan fingerprint density at radius 2 is 2.39 bits per heavy atom. The van der Waals surface area contributed by atoms with Crippen LogP contribution in [0.4, 0.5) is 5.69 Å². The second kappa shape index (κ2) is 5.42. The molecule has 1 aromatic carbocycles. The van der Waals surface area contributed by atoms with E-state index in [2.05, 4.69) is 10.0 Å². The molecule has 0 N–H and O–H groups in total. The van der Waals surface area contributed by atoms with Crippen LogP contribution in [0.25, 0.3) is 10.4 Å². The number of hydrogen-bond acceptors (Lipinski definition) is 3. The van der Waals surface area contributed by atoms with Crippen LogP contribution in [-0.2, 0) is 11.3 Å². The first-order valence-electron chi connectivity index (χ1n) is 5.74. The van der Waals surface area contributed by atoms with Crippen molar-refractivity contribution in [3.8, 4) is 5.75 Å². The van der Waals surface area contributed by atoms with Crippen molar-refractivity contribution in [2.45, 2.75) is 19.4 Å². The molecule has 6 heteroatoms. The van der Waals surface area contributed by atoms with Crippen molar-refractivity contribution in [3.05, 3.63) is 34.2 Å². The third-order valence-electron chi connectivity index (χ3n) is 2.96. The van der Waals surface area contributed by atoms with E-state index in [1.165, 1.54) is 0 Å². The maximum Gasteiger partial charge on any atom is 0.222 e. The van der Waals surface area contributed by atoms with Crippen molar-refractivity contribution in [2.75, 3.05) is 13.7 Å². The summed E-state index contributed by atoms with van der Waals surface area (Å²) in [5.41, 5.74) is 9.81. The number of amides is 1. The van der Waals surface area contributed by atoms with Crippen LogP contribution < -0.4 is 4.74 Å². The van der Waals surface area contributed by atoms with Gasteiger partial charge in [0, 0.05) is 35.7 Å². The average Bonchev–Trinajstić information content (AvgIpc) is 2.76. The average molecular weight is 246 g/mol. The molecule has 1 aliphatic heterocycles. The maximum atomic E-state index is 11.6. The molecule has 0 aliphatic carbocycles. The third-order valence-corrected chi connectivity index (χ3v) is 2.96. The number of benzene rings is 1. The highest BCUT2D eigenvalue weighted by Gasteiger charge is 2.21. The van der Waals surface area contributed by atoms with Crippen molar-refractivity contribution < 1.29 is 9.53 Å². The van der Waals surface area contributed by atoms with Crippen molar-refractivity contribution in [1.29, 1.82) is 0 Å². The first-order valence-corrected chi connectivity index (χ1v) is 5.74. The molecule has 1 aliphatic rings. The van der Waals surface area contributed by atoms with Gasteiger partial charge in [0.1, 0.15) is 5.75 Å². The summed E-state index contributed by atoms with van der Waals surface area (Å²) >= 11 is 0. The zero-order valence-electron chi connectivity index (χ0n) is 10.2. The van der Waals surface area contributed by atoms with Gasteiger partial charge in [-0.2, -0.15) is 0 Å². The van der Waals surface area contributed by atoms with Crippen LogP contribution in [0.1, 0.15) is 18.4 Å². The fraction of sp³-hybridized carbons (Fsp3) is 0.417. The van der Waals surface area contributed by atoms with E-state index in [-0.39, 0.29) is 5.91 Å². The molecule has 0 radical (unpaired) electrons. The second-order valence-electron chi connectivity index (χ2n) is 4.10. The van der Waals surface area contributed by atoms with Crippen LogP contribution in [0, 0.1) is 0 Å². The molecule has 0 saturated carbocycles. The second-order valence-corrected chi connectivity index (χ2v) is 4.10. The van der Waals surface area contributed by atoms with Crippen LogP contribution in [0.2, 0.25) is 0 Å². The Labute approximate surface area is 105 Å². The summed E-state index contributed by atoms with van der Waals surface area (Å²) in [6.07, 6.45) is 1.51. The Morgan fingerprint density at radius 1 is 1.56 bits per heavy atom. The van der Waals surface area contributed by atoms with Gasteiger partial charge in [-0.25, -0.2) is 0 Å². The lowest BCUT2D eigenvalue weighted by Crippen LogP contribution is -2.24. The number of azide groups is 1. The molecule has 94 valence electrons. The van der Waals surface area contributed by atoms with Crippen LogP contribution in [0.15, 0.2) is 23.3 Å². The minimum absolute atomic E-state index is 0.159. The van der Waals surface area contributed by atoms with Gasteiger partial charge in [-0.3, -0.25) is 4.79 Å². The van der Waals surface area contributed by atoms with E-state index in [1.807, 2.05) is 0 Å². The van der Waals surface area contributed by atoms with Crippen molar-refractivity contribution in [1.82, 2.24) is 4.90 Å². The Bertz CT molecular complexity index is 509. The van der Waals surface area contributed by atoms with Gasteiger partial charge < -0.3 is 9.64 Å². The fourth-order valence-corrected chi connectivity index (χ4v) is 2.08. The Balaban J connectivity index is 2.26. The van der Waals surface area contributed by atoms with E-state index in [4.69, 9.17) is 10.3 Å². The molecule has 0 bridgehead atoms. The lowest BCUT2D eigenvalue weighted by molar-refractivity contribution is -0.128. The minimum atomic E-state index is 0.159. The smallest absolute Gasteiger partial charge is 0.222 e. The molecule has 2 rings (SSSR count). The van der Waals surface area contributed by atoms with E-state index in [0.717, 1.165) is 18.5 Å². The van der Waals surface area contributed by atoms with E-state index in [1.54, 1.807) is 30.2 Å². The molecular formula is C12H14N4O2. The molecular weight excluding hydrogens is 232 g/mol. The Kier molecular flexibility index (Phi) is 3.69. The molecule has 0 atom stereocenters. The van der Waals surface area contributed by atoms with E-state index < -0.39 is 0 Å². The van der Waals surface area contributed by atoms with Gasteiger partial charge in [0.05, 0.1) is 7.11 Å². The van der Waals surface area contributed by atoms with Gasteiger partial charge >= 0.3 is 0 Å². The molecule has 1 heterocycles. The van der Waals surface area contributed by atoms with Crippen LogP contribution >= 0.6 is 0 Å². The summed E-state index contributed by atoms with van der Waals surface area (Å²) in [6.45, 7) is 1.27. The minimum Gasteiger partial charge on any atom is -0.496 e. The normalized spacial score (nSPS) is 14.5. The van der Waals surface area contributed by atoms with Gasteiger partial charge in [-0.15, -0.1) is 0 Å². The summed E-state index contributed by atoms with van der Waals surface area (Å²) in [5.74, 6) is 0.859. The first-order chi connectivity index (χ1) is 8.74. The SMILES string of the molecule is COc1ccc(N=[N+]=[N-])cc1CN1CCCC1=O. The quantitative estimate of drug-likeness (QED) is 0.465. The predicted octanol–water partition coefficient (Wildman–Crippen LogP) is 2.76. The number of ether oxygens (including phenoxy) is 1. The summed E-state index contributed by atoms with van der Waals surface area (Å²) < 4.78 is 5.25. The van der Waals surface area contributed by atoms with Crippen LogP contribution in [0.3, 0.4) is 0 Å². The molecule has 0 aromatic heterocycles. The number of hydrogen-bond donors (Lipinski definition) is 0. The van der Waals surface area contributed by atoms with E-state index in [9.17, 15) is 4.79 Å². The summed E-state index contributed by atoms with van der Waals surface area (Å²) in [7, 11) is 1.58. The van der Waals surface area contributed by atoms with Gasteiger partial charge in [-0.05, 0) is 30.2 Å². The number of carbonyl (C=O) groups is 1. The number of nitrogens with zero attached hydrogens (tertiary/aromatic N) is 4. The summed E-state index contributed by atoms with van der Waals surface area (Å²) in [6, 6.07) is 5.19. The third kappa shape index (κ3) is 2.55. The topological polar surface area (TPSA) is 78.3 Å². The van der Waals surface area contributed by atoms with Gasteiger partial charge in [0.2, 0.25) is 5.91 Å². The number of methoxy groups -OCH3 is 1. The maximum absolute atomic E-state index is 11.6. The highest BCUT2D eigenvalue weighted by molar-refractivity contribution is 5.78. The van der Waals surface area contributed by atoms with Crippen LogP contribution in [0.5, 0.6) is 5.75 Å². The summed E-state index contributed by atoms with van der Waals surface area (Å²) in [5, 5.41) is 3.56. The monoisotopic (exact) mass is 246 g/mol. The Morgan fingerprint density at radius 3 is 3.00 bits per heavy atom. The molecule has 18 heavy (non-hydrogen) atoms. The van der Waals surface area contributed by atoms with Crippen molar-refractivity contribution in [3.63, 3.8) is 0 Å². The molecule has 1 fully saturated rings. The van der Waals surface area contributed by atoms with Gasteiger partial charge in [-0.1, -0.05) is 5.11 Å². The largest absolute Gasteiger partial charge is 0.496 e. The molecule has 1 amide bonds. The number of rotatable bonds is 4. The fourth-order valence-electron chi connectivity index (χ4n) is 2.08. The number of likely N-dealkylation sites (tertiary alicyclic amines) is 1. The number of carbonyl (C=O) groups excluding carboxylic acids is 1. The summed E-state index contributed by atoms with van der Waals surface area (Å²) in [4.78, 5) is 16.1. The van der Waals surface area contributed by atoms with Gasteiger partial charge in [0.15, 0.2) is 0 Å². The lowest BCUT2D eigenvalue weighted by atomic mass is 10.1. The zero-order chi connectivity index (χ0) is 13.0. The van der Waals surface area contributed by atoms with E-state index in [0.29, 0.717) is 24.4 Å². The van der Waals surface area contributed by atoms with Crippen molar-refractivity contribution >= 4 is 11.6 Å². The van der Waals surface area contributed by atoms with Gasteiger partial charge in [0.25, 0.3) is 0 Å². The molecule has 0 spiro atoms. The highest BCUT2D eigenvalue weighted by atomic mass is 16.5. The van der Waals surface area contributed by atoms with Crippen molar-refractivity contribution in [2.24, 2.45) is 5.11 Å². The highest BCUT2D eigenvalue weighted by Crippen LogP contribution is 2.27. The molecule has 0 unspecified atom stereocenters. The van der Waals surface area contributed by atoms with Crippen LogP contribution in [-0.4, -0.2) is 24.5 Å². The predicted molar refractivity (Wildman–Crippen MR) is 66.5 cm³/mol. The van der Waals surface area contributed by atoms with E-state index >= 15 is 0 Å². The zero-order valence-corrected chi connectivity index (χ0v) is 10.2. The first kappa shape index (κ1) is 12.3. The molecule has 1 saturated heterocycles. The standard InChI is InChI=1S/C12H14N4O2/c1-18-11-5-4-10(14-15-13)7-9(11)8-16-6-2-3-12(16)17/h4-5,7H,2-3,6,8H2,1H3. The Hall–Kier alpha value is -2.20.